The Bertz CT molecular complexity index is 228. The molecule has 0 aromatic rings. The van der Waals surface area contributed by atoms with E-state index in [1.807, 2.05) is 18.9 Å². The molecule has 2 unspecified atom stereocenters. The zero-order valence-corrected chi connectivity index (χ0v) is 10.2. The van der Waals surface area contributed by atoms with Crippen LogP contribution in [0.1, 0.15) is 20.8 Å². The number of amides is 1. The molecular weight excluding hydrogens is 190 g/mol. The first-order valence-corrected chi connectivity index (χ1v) is 5.68. The summed E-state index contributed by atoms with van der Waals surface area (Å²) in [6, 6.07) is 0.136. The normalized spacial score (nSPS) is 26.1. The van der Waals surface area contributed by atoms with Gasteiger partial charge < -0.3 is 10.6 Å². The molecule has 88 valence electrons. The Balaban J connectivity index is 2.73. The van der Waals surface area contributed by atoms with Gasteiger partial charge in [0.15, 0.2) is 0 Å². The van der Waals surface area contributed by atoms with Crippen LogP contribution in [-0.4, -0.2) is 54.5 Å². The van der Waals surface area contributed by atoms with Crippen LogP contribution in [0.15, 0.2) is 0 Å². The Kier molecular flexibility index (Phi) is 4.11. The number of carbonyl (C=O) groups is 1. The molecule has 4 nitrogen and oxygen atoms in total. The van der Waals surface area contributed by atoms with Gasteiger partial charge in [-0.1, -0.05) is 13.8 Å². The fraction of sp³-hybridized carbons (Fsp3) is 0.909. The van der Waals surface area contributed by atoms with Crippen molar-refractivity contribution in [3.63, 3.8) is 0 Å². The quantitative estimate of drug-likeness (QED) is 0.725. The second-order valence-corrected chi connectivity index (χ2v) is 4.92. The van der Waals surface area contributed by atoms with Crippen molar-refractivity contribution in [3.8, 4) is 0 Å². The maximum Gasteiger partial charge on any atom is 0.239 e. The van der Waals surface area contributed by atoms with Crippen LogP contribution in [0, 0.1) is 5.92 Å². The lowest BCUT2D eigenvalue weighted by atomic mass is 9.98. The summed E-state index contributed by atoms with van der Waals surface area (Å²) in [7, 11) is 1.88. The van der Waals surface area contributed by atoms with Gasteiger partial charge in [-0.05, 0) is 12.8 Å². The minimum absolute atomic E-state index is 0.00903. The molecule has 1 amide bonds. The van der Waals surface area contributed by atoms with Crippen LogP contribution in [0.5, 0.6) is 0 Å². The zero-order valence-electron chi connectivity index (χ0n) is 10.2. The Morgan fingerprint density at radius 1 is 1.40 bits per heavy atom. The van der Waals surface area contributed by atoms with Gasteiger partial charge in [0.2, 0.25) is 5.91 Å². The van der Waals surface area contributed by atoms with E-state index >= 15 is 0 Å². The van der Waals surface area contributed by atoms with Crippen molar-refractivity contribution in [1.29, 1.82) is 0 Å². The first-order valence-electron chi connectivity index (χ1n) is 5.68. The fourth-order valence-corrected chi connectivity index (χ4v) is 2.19. The molecule has 0 aliphatic carbocycles. The Labute approximate surface area is 92.4 Å². The minimum Gasteiger partial charge on any atom is -0.343 e. The molecule has 1 fully saturated rings. The number of nitrogens with zero attached hydrogens (tertiary/aromatic N) is 2. The molecule has 1 aliphatic rings. The second-order valence-electron chi connectivity index (χ2n) is 4.92. The molecule has 0 aromatic heterocycles. The highest BCUT2D eigenvalue weighted by Crippen LogP contribution is 2.17. The van der Waals surface area contributed by atoms with E-state index in [9.17, 15) is 4.79 Å². The Morgan fingerprint density at radius 3 is 2.47 bits per heavy atom. The molecule has 1 rings (SSSR count). The van der Waals surface area contributed by atoms with E-state index in [1.54, 1.807) is 0 Å². The van der Waals surface area contributed by atoms with Crippen molar-refractivity contribution in [2.45, 2.75) is 32.9 Å². The smallest absolute Gasteiger partial charge is 0.239 e. The van der Waals surface area contributed by atoms with Gasteiger partial charge in [0.25, 0.3) is 0 Å². The van der Waals surface area contributed by atoms with Crippen LogP contribution in [0.2, 0.25) is 0 Å². The zero-order chi connectivity index (χ0) is 11.6. The number of nitrogens with two attached hydrogens (primary N) is 1. The molecule has 0 bridgehead atoms. The summed E-state index contributed by atoms with van der Waals surface area (Å²) in [6.45, 7) is 8.73. The lowest BCUT2D eigenvalue weighted by Gasteiger charge is -2.41. The molecule has 2 atom stereocenters. The van der Waals surface area contributed by atoms with Gasteiger partial charge in [-0.3, -0.25) is 9.69 Å². The van der Waals surface area contributed by atoms with Crippen LogP contribution >= 0.6 is 0 Å². The maximum absolute atomic E-state index is 12.0. The van der Waals surface area contributed by atoms with Crippen molar-refractivity contribution in [2.75, 3.05) is 26.7 Å². The van der Waals surface area contributed by atoms with Gasteiger partial charge in [0, 0.05) is 32.7 Å². The number of likely N-dealkylation sites (N-methyl/N-ethyl adjacent to an activating group) is 1. The van der Waals surface area contributed by atoms with Gasteiger partial charge in [-0.25, -0.2) is 0 Å². The Hall–Kier alpha value is -0.610. The lowest BCUT2D eigenvalue weighted by Crippen LogP contribution is -2.59. The van der Waals surface area contributed by atoms with Gasteiger partial charge in [0.05, 0.1) is 6.04 Å². The van der Waals surface area contributed by atoms with E-state index in [-0.39, 0.29) is 18.0 Å². The summed E-state index contributed by atoms with van der Waals surface area (Å²) in [5.74, 6) is 0.580. The van der Waals surface area contributed by atoms with Crippen LogP contribution in [0.4, 0.5) is 0 Å². The second kappa shape index (κ2) is 4.94. The van der Waals surface area contributed by atoms with Crippen LogP contribution in [-0.2, 0) is 4.79 Å². The van der Waals surface area contributed by atoms with Crippen LogP contribution < -0.4 is 5.73 Å². The molecule has 1 aliphatic heterocycles. The van der Waals surface area contributed by atoms with Crippen molar-refractivity contribution in [3.05, 3.63) is 0 Å². The van der Waals surface area contributed by atoms with E-state index in [0.29, 0.717) is 5.92 Å². The first-order chi connectivity index (χ1) is 6.93. The highest BCUT2D eigenvalue weighted by molar-refractivity contribution is 5.82. The lowest BCUT2D eigenvalue weighted by molar-refractivity contribution is -0.142. The standard InChI is InChI=1S/C11H23N3O/c1-8(2)10-11(15)13(4)5-6-14(10)7-9(3)12/h8-10H,5-7,12H2,1-4H3. The fourth-order valence-electron chi connectivity index (χ4n) is 2.19. The van der Waals surface area contributed by atoms with E-state index in [4.69, 9.17) is 5.73 Å². The maximum atomic E-state index is 12.0. The third kappa shape index (κ3) is 2.92. The molecule has 0 radical (unpaired) electrons. The SMILES string of the molecule is CC(N)CN1CCN(C)C(=O)C1C(C)C. The van der Waals surface area contributed by atoms with Crippen LogP contribution in [0.3, 0.4) is 0 Å². The molecule has 0 saturated carbocycles. The van der Waals surface area contributed by atoms with Gasteiger partial charge in [-0.2, -0.15) is 0 Å². The largest absolute Gasteiger partial charge is 0.343 e. The topological polar surface area (TPSA) is 49.6 Å². The number of hydrogen-bond acceptors (Lipinski definition) is 3. The summed E-state index contributed by atoms with van der Waals surface area (Å²) in [4.78, 5) is 16.0. The molecule has 1 heterocycles. The number of hydrogen-bond donors (Lipinski definition) is 1. The third-order valence-corrected chi connectivity index (χ3v) is 2.90. The minimum atomic E-state index is 0.00903. The van der Waals surface area contributed by atoms with E-state index in [2.05, 4.69) is 18.7 Å². The summed E-state index contributed by atoms with van der Waals surface area (Å²) < 4.78 is 0. The van der Waals surface area contributed by atoms with Crippen molar-refractivity contribution in [1.82, 2.24) is 9.80 Å². The summed E-state index contributed by atoms with van der Waals surface area (Å²) in [6.07, 6.45) is 0. The van der Waals surface area contributed by atoms with E-state index in [0.717, 1.165) is 19.6 Å². The molecule has 0 aromatic carbocycles. The van der Waals surface area contributed by atoms with E-state index < -0.39 is 0 Å². The summed E-state index contributed by atoms with van der Waals surface area (Å²) >= 11 is 0. The average molecular weight is 213 g/mol. The van der Waals surface area contributed by atoms with Crippen molar-refractivity contribution in [2.24, 2.45) is 11.7 Å². The average Bonchev–Trinajstić information content (AvgIpc) is 2.10. The summed E-state index contributed by atoms with van der Waals surface area (Å²) in [5, 5.41) is 0. The summed E-state index contributed by atoms with van der Waals surface area (Å²) in [5.41, 5.74) is 5.80. The van der Waals surface area contributed by atoms with Gasteiger partial charge in [-0.15, -0.1) is 0 Å². The molecule has 0 spiro atoms. The predicted molar refractivity (Wildman–Crippen MR) is 61.5 cm³/mol. The highest BCUT2D eigenvalue weighted by Gasteiger charge is 2.35. The van der Waals surface area contributed by atoms with Crippen molar-refractivity contribution < 1.29 is 4.79 Å². The number of piperazine rings is 1. The molecule has 15 heavy (non-hydrogen) atoms. The monoisotopic (exact) mass is 213 g/mol. The first kappa shape index (κ1) is 12.5. The third-order valence-electron chi connectivity index (χ3n) is 2.90. The molecule has 1 saturated heterocycles. The highest BCUT2D eigenvalue weighted by atomic mass is 16.2. The molecule has 2 N–H and O–H groups in total. The van der Waals surface area contributed by atoms with Gasteiger partial charge >= 0.3 is 0 Å². The van der Waals surface area contributed by atoms with Crippen molar-refractivity contribution >= 4 is 5.91 Å². The number of carbonyl (C=O) groups excluding carboxylic acids is 1. The van der Waals surface area contributed by atoms with E-state index in [1.165, 1.54) is 0 Å². The van der Waals surface area contributed by atoms with Gasteiger partial charge in [0.1, 0.15) is 0 Å². The predicted octanol–water partition coefficient (Wildman–Crippen LogP) is 0.132. The van der Waals surface area contributed by atoms with Crippen LogP contribution in [0.25, 0.3) is 0 Å². The molecule has 4 heteroatoms. The number of rotatable bonds is 3. The molecular formula is C11H23N3O. The Morgan fingerprint density at radius 2 is 2.00 bits per heavy atom.